The lowest BCUT2D eigenvalue weighted by Crippen LogP contribution is -2.53. The Balaban J connectivity index is 2.83. The minimum absolute atomic E-state index is 0.0689. The van der Waals surface area contributed by atoms with Gasteiger partial charge in [0.1, 0.15) is 0 Å². The zero-order valence-electron chi connectivity index (χ0n) is 12.8. The summed E-state index contributed by atoms with van der Waals surface area (Å²) in [4.78, 5) is 11.9. The van der Waals surface area contributed by atoms with Crippen LogP contribution in [0, 0.1) is 0 Å². The van der Waals surface area contributed by atoms with Crippen LogP contribution in [0.2, 0.25) is 0 Å². The molecule has 1 atom stereocenters. The van der Waals surface area contributed by atoms with Crippen LogP contribution in [0.5, 0.6) is 0 Å². The molecule has 118 valence electrons. The van der Waals surface area contributed by atoms with Crippen molar-refractivity contribution in [2.24, 2.45) is 0 Å². The highest BCUT2D eigenvalue weighted by Gasteiger charge is 2.40. The van der Waals surface area contributed by atoms with Gasteiger partial charge in [0, 0.05) is 6.61 Å². The summed E-state index contributed by atoms with van der Waals surface area (Å²) in [5.41, 5.74) is -0.522. The van der Waals surface area contributed by atoms with E-state index in [1.807, 2.05) is 44.2 Å². The molecule has 0 saturated carbocycles. The van der Waals surface area contributed by atoms with Gasteiger partial charge in [0.05, 0.1) is 19.8 Å². The molecule has 0 aliphatic rings. The maximum Gasteiger partial charge on any atom is 0.331 e. The van der Waals surface area contributed by atoms with Crippen molar-refractivity contribution in [2.45, 2.75) is 25.8 Å². The van der Waals surface area contributed by atoms with Gasteiger partial charge in [-0.3, -0.25) is 5.32 Å². The van der Waals surface area contributed by atoms with Gasteiger partial charge < -0.3 is 14.6 Å². The fourth-order valence-electron chi connectivity index (χ4n) is 2.05. The van der Waals surface area contributed by atoms with Crippen LogP contribution < -0.4 is 5.32 Å². The lowest BCUT2D eigenvalue weighted by atomic mass is 9.90. The van der Waals surface area contributed by atoms with E-state index in [0.29, 0.717) is 31.9 Å². The van der Waals surface area contributed by atoms with Gasteiger partial charge in [-0.1, -0.05) is 37.3 Å². The highest BCUT2D eigenvalue weighted by molar-refractivity contribution is 5.81. The van der Waals surface area contributed by atoms with Gasteiger partial charge >= 0.3 is 5.97 Å². The molecule has 0 fully saturated rings. The first-order valence-corrected chi connectivity index (χ1v) is 7.36. The van der Waals surface area contributed by atoms with Crippen LogP contribution >= 0.6 is 0 Å². The van der Waals surface area contributed by atoms with E-state index >= 15 is 0 Å². The van der Waals surface area contributed by atoms with Gasteiger partial charge in [0.25, 0.3) is 0 Å². The molecular weight excluding hydrogens is 270 g/mol. The molecule has 0 spiro atoms. The van der Waals surface area contributed by atoms with Gasteiger partial charge in [0.15, 0.2) is 5.54 Å². The average molecular weight is 295 g/mol. The van der Waals surface area contributed by atoms with Crippen molar-refractivity contribution in [1.82, 2.24) is 5.32 Å². The summed E-state index contributed by atoms with van der Waals surface area (Å²) in [5.74, 6) is -0.932. The topological polar surface area (TPSA) is 67.8 Å². The normalized spacial score (nSPS) is 13.8. The van der Waals surface area contributed by atoms with Gasteiger partial charge in [-0.25, -0.2) is 4.79 Å². The number of rotatable bonds is 11. The molecule has 1 aromatic carbocycles. The van der Waals surface area contributed by atoms with E-state index in [9.17, 15) is 9.90 Å². The Morgan fingerprint density at radius 2 is 1.86 bits per heavy atom. The molecule has 0 aliphatic carbocycles. The highest BCUT2D eigenvalue weighted by atomic mass is 16.5. The molecule has 1 aromatic rings. The van der Waals surface area contributed by atoms with Crippen molar-refractivity contribution >= 4 is 5.97 Å². The van der Waals surface area contributed by atoms with Gasteiger partial charge in [-0.15, -0.1) is 0 Å². The molecule has 1 rings (SSSR count). The summed E-state index contributed by atoms with van der Waals surface area (Å²) in [6.45, 7) is 6.06. The van der Waals surface area contributed by atoms with Crippen LogP contribution in [0.3, 0.4) is 0 Å². The number of aliphatic carboxylic acids is 1. The lowest BCUT2D eigenvalue weighted by molar-refractivity contribution is -0.149. The SMILES string of the molecule is CCCNC(COCCOCC)(C(=O)O)c1ccccc1. The smallest absolute Gasteiger partial charge is 0.331 e. The Hall–Kier alpha value is -1.43. The molecule has 0 bridgehead atoms. The average Bonchev–Trinajstić information content (AvgIpc) is 2.51. The van der Waals surface area contributed by atoms with Gasteiger partial charge in [-0.2, -0.15) is 0 Å². The number of ether oxygens (including phenoxy) is 2. The van der Waals surface area contributed by atoms with Gasteiger partial charge in [-0.05, 0) is 25.5 Å². The molecule has 0 amide bonds. The highest BCUT2D eigenvalue weighted by Crippen LogP contribution is 2.22. The van der Waals surface area contributed by atoms with E-state index in [0.717, 1.165) is 6.42 Å². The minimum atomic E-state index is -1.22. The van der Waals surface area contributed by atoms with E-state index in [-0.39, 0.29) is 6.61 Å². The second-order valence-corrected chi connectivity index (χ2v) is 4.75. The number of carbonyl (C=O) groups is 1. The molecule has 0 aliphatic heterocycles. The molecule has 5 nitrogen and oxygen atoms in total. The maximum atomic E-state index is 11.9. The molecule has 0 saturated heterocycles. The predicted molar refractivity (Wildman–Crippen MR) is 81.4 cm³/mol. The second-order valence-electron chi connectivity index (χ2n) is 4.75. The summed E-state index contributed by atoms with van der Waals surface area (Å²) in [5, 5.41) is 12.9. The van der Waals surface area contributed by atoms with Gasteiger partial charge in [0.2, 0.25) is 0 Å². The van der Waals surface area contributed by atoms with Crippen LogP contribution in [0.15, 0.2) is 30.3 Å². The Bertz CT molecular complexity index is 410. The number of nitrogens with one attached hydrogen (secondary N) is 1. The molecule has 0 heterocycles. The standard InChI is InChI=1S/C16H25NO4/c1-3-10-17-16(15(18)19,13-21-12-11-20-4-2)14-8-6-5-7-9-14/h5-9,17H,3-4,10-13H2,1-2H3,(H,18,19). The molecule has 1 unspecified atom stereocenters. The van der Waals surface area contributed by atoms with E-state index in [4.69, 9.17) is 9.47 Å². The van der Waals surface area contributed by atoms with Crippen molar-refractivity contribution in [3.8, 4) is 0 Å². The zero-order chi connectivity index (χ0) is 15.6. The van der Waals surface area contributed by atoms with Crippen molar-refractivity contribution in [2.75, 3.05) is 33.0 Å². The predicted octanol–water partition coefficient (Wildman–Crippen LogP) is 2.02. The molecule has 5 heteroatoms. The van der Waals surface area contributed by atoms with Crippen LogP contribution in [0.4, 0.5) is 0 Å². The van der Waals surface area contributed by atoms with Crippen LogP contribution in [0.1, 0.15) is 25.8 Å². The van der Waals surface area contributed by atoms with Crippen molar-refractivity contribution in [3.63, 3.8) is 0 Å². The number of carboxylic acid groups (broad SMARTS) is 1. The first-order chi connectivity index (χ1) is 10.2. The van der Waals surface area contributed by atoms with E-state index in [1.165, 1.54) is 0 Å². The molecule has 2 N–H and O–H groups in total. The number of benzene rings is 1. The maximum absolute atomic E-state index is 11.9. The van der Waals surface area contributed by atoms with Crippen molar-refractivity contribution < 1.29 is 19.4 Å². The summed E-state index contributed by atoms with van der Waals surface area (Å²) in [7, 11) is 0. The zero-order valence-corrected chi connectivity index (χ0v) is 12.8. The van der Waals surface area contributed by atoms with E-state index < -0.39 is 11.5 Å². The minimum Gasteiger partial charge on any atom is -0.480 e. The summed E-state index contributed by atoms with van der Waals surface area (Å²) < 4.78 is 10.7. The van der Waals surface area contributed by atoms with Crippen molar-refractivity contribution in [1.29, 1.82) is 0 Å². The number of hydrogen-bond donors (Lipinski definition) is 2. The fraction of sp³-hybridized carbons (Fsp3) is 0.562. The Morgan fingerprint density at radius 1 is 1.19 bits per heavy atom. The molecular formula is C16H25NO4. The lowest BCUT2D eigenvalue weighted by Gasteiger charge is -2.31. The third-order valence-electron chi connectivity index (χ3n) is 3.20. The van der Waals surface area contributed by atoms with E-state index in [1.54, 1.807) is 0 Å². The van der Waals surface area contributed by atoms with E-state index in [2.05, 4.69) is 5.32 Å². The second kappa shape index (κ2) is 9.50. The first-order valence-electron chi connectivity index (χ1n) is 7.36. The van der Waals surface area contributed by atoms with Crippen molar-refractivity contribution in [3.05, 3.63) is 35.9 Å². The molecule has 0 aromatic heterocycles. The third kappa shape index (κ3) is 5.12. The van der Waals surface area contributed by atoms with Crippen LogP contribution in [-0.2, 0) is 19.8 Å². The first kappa shape index (κ1) is 17.6. The Labute approximate surface area is 126 Å². The largest absolute Gasteiger partial charge is 0.480 e. The summed E-state index contributed by atoms with van der Waals surface area (Å²) >= 11 is 0. The number of carboxylic acids is 1. The Kier molecular flexibility index (Phi) is 7.97. The summed E-state index contributed by atoms with van der Waals surface area (Å²) in [6, 6.07) is 9.15. The Morgan fingerprint density at radius 3 is 2.43 bits per heavy atom. The quantitative estimate of drug-likeness (QED) is 0.611. The molecule has 21 heavy (non-hydrogen) atoms. The third-order valence-corrected chi connectivity index (χ3v) is 3.20. The number of hydrogen-bond acceptors (Lipinski definition) is 4. The van der Waals surface area contributed by atoms with Crippen LogP contribution in [0.25, 0.3) is 0 Å². The monoisotopic (exact) mass is 295 g/mol. The molecule has 0 radical (unpaired) electrons. The van der Waals surface area contributed by atoms with Crippen LogP contribution in [-0.4, -0.2) is 44.0 Å². The summed E-state index contributed by atoms with van der Waals surface area (Å²) in [6.07, 6.45) is 0.848. The fourth-order valence-corrected chi connectivity index (χ4v) is 2.05.